The molecule has 2 aromatic rings. The van der Waals surface area contributed by atoms with Gasteiger partial charge in [-0.05, 0) is 73.4 Å². The number of amides is 1. The molecule has 0 unspecified atom stereocenters. The third-order valence-corrected chi connectivity index (χ3v) is 6.68. The highest BCUT2D eigenvalue weighted by Gasteiger charge is 2.17. The Bertz CT molecular complexity index is 871. The summed E-state index contributed by atoms with van der Waals surface area (Å²) >= 11 is 19.2. The van der Waals surface area contributed by atoms with Crippen molar-refractivity contribution in [3.63, 3.8) is 0 Å². The van der Waals surface area contributed by atoms with E-state index in [-0.39, 0.29) is 5.91 Å². The zero-order valence-electron chi connectivity index (χ0n) is 16.6. The Labute approximate surface area is 197 Å². The van der Waals surface area contributed by atoms with Crippen LogP contribution < -0.4 is 10.6 Å². The summed E-state index contributed by atoms with van der Waals surface area (Å²) in [6.45, 7) is 2.46. The fourth-order valence-electron chi connectivity index (χ4n) is 3.21. The van der Waals surface area contributed by atoms with Crippen molar-refractivity contribution in [1.82, 2.24) is 10.2 Å². The van der Waals surface area contributed by atoms with Crippen LogP contribution in [0.1, 0.15) is 35.2 Å². The molecule has 1 amide bonds. The van der Waals surface area contributed by atoms with Gasteiger partial charge in [0.25, 0.3) is 5.91 Å². The van der Waals surface area contributed by atoms with Crippen molar-refractivity contribution in [3.8, 4) is 0 Å². The molecule has 0 bridgehead atoms. The number of benzene rings is 2. The number of nitrogens with zero attached hydrogens (tertiary/aromatic N) is 1. The van der Waals surface area contributed by atoms with Crippen LogP contribution in [0.5, 0.6) is 0 Å². The second-order valence-electron chi connectivity index (χ2n) is 7.10. The van der Waals surface area contributed by atoms with E-state index in [4.69, 9.17) is 35.4 Å². The average Bonchev–Trinajstić information content (AvgIpc) is 2.75. The predicted molar refractivity (Wildman–Crippen MR) is 133 cm³/mol. The smallest absolute Gasteiger partial charge is 0.253 e. The van der Waals surface area contributed by atoms with Gasteiger partial charge in [-0.15, -0.1) is 0 Å². The summed E-state index contributed by atoms with van der Waals surface area (Å²) in [4.78, 5) is 14.5. The first-order chi connectivity index (χ1) is 14.5. The van der Waals surface area contributed by atoms with Crippen LogP contribution >= 0.6 is 47.2 Å². The van der Waals surface area contributed by atoms with Crippen LogP contribution in [0, 0.1) is 0 Å². The summed E-state index contributed by atoms with van der Waals surface area (Å²) in [5.41, 5.74) is 2.66. The monoisotopic (exact) mass is 481 g/mol. The van der Waals surface area contributed by atoms with Crippen LogP contribution in [0.3, 0.4) is 0 Å². The Kier molecular flexibility index (Phi) is 9.12. The lowest BCUT2D eigenvalue weighted by Gasteiger charge is -2.26. The van der Waals surface area contributed by atoms with Gasteiger partial charge in [-0.2, -0.15) is 11.8 Å². The number of thiocarbonyl (C=S) groups is 1. The second-order valence-corrected chi connectivity index (χ2v) is 9.46. The van der Waals surface area contributed by atoms with E-state index in [0.717, 1.165) is 60.8 Å². The van der Waals surface area contributed by atoms with E-state index in [9.17, 15) is 4.79 Å². The molecule has 2 N–H and O–H groups in total. The number of hydrogen-bond acceptors (Lipinski definition) is 3. The van der Waals surface area contributed by atoms with Gasteiger partial charge in [-0.1, -0.05) is 29.3 Å². The largest absolute Gasteiger partial charge is 0.362 e. The van der Waals surface area contributed by atoms with Crippen molar-refractivity contribution < 1.29 is 4.79 Å². The maximum atomic E-state index is 12.5. The quantitative estimate of drug-likeness (QED) is 0.384. The molecule has 0 aromatic heterocycles. The minimum absolute atomic E-state index is 0.111. The van der Waals surface area contributed by atoms with Crippen molar-refractivity contribution in [1.29, 1.82) is 0 Å². The summed E-state index contributed by atoms with van der Waals surface area (Å²) in [6, 6.07) is 13.1. The molecule has 2 aromatic carbocycles. The molecule has 0 aliphatic carbocycles. The summed E-state index contributed by atoms with van der Waals surface area (Å²) in [7, 11) is 0. The van der Waals surface area contributed by atoms with Crippen molar-refractivity contribution >= 4 is 63.9 Å². The van der Waals surface area contributed by atoms with Gasteiger partial charge in [-0.3, -0.25) is 4.79 Å². The van der Waals surface area contributed by atoms with Crippen LogP contribution in [0.15, 0.2) is 42.5 Å². The summed E-state index contributed by atoms with van der Waals surface area (Å²) in [5.74, 6) is 1.83. The van der Waals surface area contributed by atoms with Gasteiger partial charge in [0.05, 0.1) is 0 Å². The highest BCUT2D eigenvalue weighted by molar-refractivity contribution is 7.98. The van der Waals surface area contributed by atoms with Crippen LogP contribution in [0.25, 0.3) is 0 Å². The Hall–Kier alpha value is -1.47. The molecule has 8 heteroatoms. The molecule has 160 valence electrons. The van der Waals surface area contributed by atoms with Crippen molar-refractivity contribution in [2.45, 2.75) is 25.0 Å². The lowest BCUT2D eigenvalue weighted by molar-refractivity contribution is 0.0724. The Balaban J connectivity index is 1.36. The number of halogens is 2. The van der Waals surface area contributed by atoms with E-state index in [0.29, 0.717) is 15.2 Å². The number of carbonyl (C=O) groups is 1. The van der Waals surface area contributed by atoms with E-state index in [2.05, 4.69) is 10.6 Å². The first-order valence-corrected chi connectivity index (χ1v) is 12.3. The molecule has 30 heavy (non-hydrogen) atoms. The molecule has 1 heterocycles. The summed E-state index contributed by atoms with van der Waals surface area (Å²) in [5, 5.41) is 8.27. The maximum absolute atomic E-state index is 12.5. The SMILES string of the molecule is O=C(c1ccc(NC(=S)NCCSCc2ccc(Cl)cc2Cl)cc1)N1CCCCC1. The Morgan fingerprint density at radius 1 is 1.07 bits per heavy atom. The van der Waals surface area contributed by atoms with E-state index in [1.54, 1.807) is 17.8 Å². The molecule has 4 nitrogen and oxygen atoms in total. The van der Waals surface area contributed by atoms with E-state index >= 15 is 0 Å². The van der Waals surface area contributed by atoms with Gasteiger partial charge in [-0.25, -0.2) is 0 Å². The molecular formula is C22H25Cl2N3OS2. The third-order valence-electron chi connectivity index (χ3n) is 4.84. The van der Waals surface area contributed by atoms with Gasteiger partial charge in [0.15, 0.2) is 5.11 Å². The van der Waals surface area contributed by atoms with Gasteiger partial charge in [0, 0.05) is 52.4 Å². The first kappa shape index (κ1) is 23.2. The zero-order valence-corrected chi connectivity index (χ0v) is 19.8. The Morgan fingerprint density at radius 2 is 1.80 bits per heavy atom. The Morgan fingerprint density at radius 3 is 2.50 bits per heavy atom. The molecule has 0 saturated carbocycles. The minimum atomic E-state index is 0.111. The molecule has 1 aliphatic rings. The maximum Gasteiger partial charge on any atom is 0.253 e. The summed E-state index contributed by atoms with van der Waals surface area (Å²) < 4.78 is 0. The highest BCUT2D eigenvalue weighted by atomic mass is 35.5. The molecule has 0 atom stereocenters. The summed E-state index contributed by atoms with van der Waals surface area (Å²) in [6.07, 6.45) is 3.40. The predicted octanol–water partition coefficient (Wildman–Crippen LogP) is 5.84. The average molecular weight is 483 g/mol. The van der Waals surface area contributed by atoms with Gasteiger partial charge in [0.2, 0.25) is 0 Å². The molecule has 0 spiro atoms. The van der Waals surface area contributed by atoms with Crippen LogP contribution in [0.2, 0.25) is 10.0 Å². The lowest BCUT2D eigenvalue weighted by Crippen LogP contribution is -2.35. The molecule has 0 radical (unpaired) electrons. The van der Waals surface area contributed by atoms with E-state index in [1.807, 2.05) is 41.3 Å². The topological polar surface area (TPSA) is 44.4 Å². The molecule has 3 rings (SSSR count). The number of nitrogens with one attached hydrogen (secondary N) is 2. The van der Waals surface area contributed by atoms with Crippen LogP contribution in [0.4, 0.5) is 5.69 Å². The third kappa shape index (κ3) is 7.05. The standard InChI is InChI=1S/C22H25Cl2N3OS2/c23-18-7-4-17(20(24)14-18)15-30-13-10-25-22(29)26-19-8-5-16(6-9-19)21(28)27-11-2-1-3-12-27/h4-9,14H,1-3,10-13,15H2,(H2,25,26,29). The minimum Gasteiger partial charge on any atom is -0.362 e. The van der Waals surface area contributed by atoms with Gasteiger partial charge >= 0.3 is 0 Å². The van der Waals surface area contributed by atoms with E-state index in [1.165, 1.54) is 6.42 Å². The number of thioether (sulfide) groups is 1. The molecule has 1 fully saturated rings. The first-order valence-electron chi connectivity index (χ1n) is 9.99. The number of hydrogen-bond donors (Lipinski definition) is 2. The van der Waals surface area contributed by atoms with E-state index < -0.39 is 0 Å². The lowest BCUT2D eigenvalue weighted by atomic mass is 10.1. The number of piperidine rings is 1. The fraction of sp³-hybridized carbons (Fsp3) is 0.364. The van der Waals surface area contributed by atoms with Crippen LogP contribution in [-0.4, -0.2) is 41.3 Å². The second kappa shape index (κ2) is 11.8. The van der Waals surface area contributed by atoms with Crippen molar-refractivity contribution in [2.24, 2.45) is 0 Å². The normalized spacial score (nSPS) is 13.7. The molecular weight excluding hydrogens is 457 g/mol. The van der Waals surface area contributed by atoms with Crippen molar-refractivity contribution in [2.75, 3.05) is 30.7 Å². The zero-order chi connectivity index (χ0) is 21.3. The molecule has 1 saturated heterocycles. The number of rotatable bonds is 7. The van der Waals surface area contributed by atoms with Gasteiger partial charge in [0.1, 0.15) is 0 Å². The van der Waals surface area contributed by atoms with Gasteiger partial charge < -0.3 is 15.5 Å². The van der Waals surface area contributed by atoms with Crippen molar-refractivity contribution in [3.05, 3.63) is 63.6 Å². The van der Waals surface area contributed by atoms with Crippen LogP contribution in [-0.2, 0) is 5.75 Å². The number of carbonyl (C=O) groups excluding carboxylic acids is 1. The number of likely N-dealkylation sites (tertiary alicyclic amines) is 1. The molecule has 1 aliphatic heterocycles. The fourth-order valence-corrected chi connectivity index (χ4v) is 4.85. The highest BCUT2D eigenvalue weighted by Crippen LogP contribution is 2.24. The number of anilines is 1.